The topological polar surface area (TPSA) is 126 Å². The molecule has 4 aliphatic rings. The molecule has 0 aliphatic heterocycles. The molecule has 8 atom stereocenters. The van der Waals surface area contributed by atoms with Gasteiger partial charge >= 0.3 is 5.97 Å². The summed E-state index contributed by atoms with van der Waals surface area (Å²) >= 11 is 0. The zero-order valence-corrected chi connectivity index (χ0v) is 21.8. The van der Waals surface area contributed by atoms with E-state index >= 15 is 0 Å². The maximum Gasteiger partial charge on any atom is 0.361 e. The predicted octanol–water partition coefficient (Wildman–Crippen LogP) is 2.42. The fraction of sp³-hybridized carbons (Fsp3) is 0.552. The lowest BCUT2D eigenvalue weighted by atomic mass is 9.59. The Hall–Kier alpha value is -2.81. The Morgan fingerprint density at radius 1 is 1.22 bits per heavy atom. The van der Waals surface area contributed by atoms with E-state index < -0.39 is 41.7 Å². The maximum atomic E-state index is 14.4. The van der Waals surface area contributed by atoms with Crippen LogP contribution >= 0.6 is 0 Å². The summed E-state index contributed by atoms with van der Waals surface area (Å²) in [5.74, 6) is -1.66. The molecule has 1 spiro atoms. The van der Waals surface area contributed by atoms with E-state index in [1.165, 1.54) is 7.11 Å². The summed E-state index contributed by atoms with van der Waals surface area (Å²) in [6, 6.07) is 8.62. The lowest BCUT2D eigenvalue weighted by molar-refractivity contribution is -0.200. The van der Waals surface area contributed by atoms with Gasteiger partial charge in [0.1, 0.15) is 13.2 Å². The zero-order valence-electron chi connectivity index (χ0n) is 21.8. The molecule has 5 rings (SSSR count). The smallest absolute Gasteiger partial charge is 0.361 e. The second kappa shape index (κ2) is 8.61. The first-order valence-corrected chi connectivity index (χ1v) is 12.8. The van der Waals surface area contributed by atoms with Gasteiger partial charge in [0.05, 0.1) is 12.0 Å². The van der Waals surface area contributed by atoms with Gasteiger partial charge in [0.2, 0.25) is 0 Å². The van der Waals surface area contributed by atoms with Crippen LogP contribution in [0.4, 0.5) is 0 Å². The van der Waals surface area contributed by atoms with E-state index in [0.717, 1.165) is 0 Å². The zero-order chi connectivity index (χ0) is 26.9. The molecule has 8 nitrogen and oxygen atoms in total. The van der Waals surface area contributed by atoms with Crippen molar-refractivity contribution in [1.82, 2.24) is 0 Å². The van der Waals surface area contributed by atoms with Crippen LogP contribution in [0.2, 0.25) is 0 Å². The monoisotopic (exact) mass is 509 g/mol. The van der Waals surface area contributed by atoms with Gasteiger partial charge in [-0.3, -0.25) is 4.79 Å². The molecule has 37 heavy (non-hydrogen) atoms. The fourth-order valence-corrected chi connectivity index (χ4v) is 7.65. The highest BCUT2D eigenvalue weighted by Gasteiger charge is 2.76. The van der Waals surface area contributed by atoms with E-state index in [0.29, 0.717) is 17.6 Å². The summed E-state index contributed by atoms with van der Waals surface area (Å²) in [5.41, 5.74) is -2.79. The lowest BCUT2D eigenvalue weighted by Gasteiger charge is -2.48. The second-order valence-electron chi connectivity index (χ2n) is 11.6. The molecule has 0 amide bonds. The average molecular weight is 510 g/mol. The van der Waals surface area contributed by atoms with Crippen molar-refractivity contribution in [3.8, 4) is 0 Å². The van der Waals surface area contributed by atoms with Crippen LogP contribution in [-0.4, -0.2) is 64.3 Å². The Kier molecular flexibility index (Phi) is 6.01. The fourth-order valence-electron chi connectivity index (χ4n) is 7.65. The number of carbonyl (C=O) groups excluding carboxylic acids is 2. The molecule has 1 aromatic rings. The summed E-state index contributed by atoms with van der Waals surface area (Å²) in [6.45, 7) is 7.36. The molecule has 198 valence electrons. The van der Waals surface area contributed by atoms with Gasteiger partial charge in [-0.1, -0.05) is 68.4 Å². The number of aliphatic hydroxyl groups excluding tert-OH is 2. The maximum absolute atomic E-state index is 14.4. The average Bonchev–Trinajstić information content (AvgIpc) is 3.36. The van der Waals surface area contributed by atoms with Gasteiger partial charge in [-0.15, -0.1) is 0 Å². The molecule has 0 aromatic heterocycles. The van der Waals surface area contributed by atoms with Crippen LogP contribution in [0.5, 0.6) is 0 Å². The number of nitrogens with zero attached hydrogens (tertiary/aromatic N) is 1. The van der Waals surface area contributed by atoms with Crippen LogP contribution in [0.15, 0.2) is 58.8 Å². The number of rotatable bonds is 5. The number of allylic oxidation sites excluding steroid dienone is 1. The highest BCUT2D eigenvalue weighted by atomic mass is 16.6. The number of ketones is 1. The summed E-state index contributed by atoms with van der Waals surface area (Å²) in [6.07, 6.45) is 1.07. The van der Waals surface area contributed by atoms with Crippen LogP contribution in [0.3, 0.4) is 0 Å². The number of hydrogen-bond donors (Lipinski definition) is 3. The van der Waals surface area contributed by atoms with Crippen LogP contribution in [0, 0.1) is 34.5 Å². The van der Waals surface area contributed by atoms with Gasteiger partial charge in [0.15, 0.2) is 23.2 Å². The van der Waals surface area contributed by atoms with Gasteiger partial charge in [-0.05, 0) is 47.7 Å². The Balaban J connectivity index is 1.61. The third-order valence-electron chi connectivity index (χ3n) is 9.54. The highest BCUT2D eigenvalue weighted by Crippen LogP contribution is 2.71. The normalized spacial score (nSPS) is 39.9. The van der Waals surface area contributed by atoms with Gasteiger partial charge < -0.3 is 24.9 Å². The van der Waals surface area contributed by atoms with Crippen LogP contribution < -0.4 is 0 Å². The van der Waals surface area contributed by atoms with Crippen molar-refractivity contribution in [2.75, 3.05) is 13.7 Å². The van der Waals surface area contributed by atoms with Crippen LogP contribution in [0.25, 0.3) is 0 Å². The van der Waals surface area contributed by atoms with E-state index in [1.54, 1.807) is 49.4 Å². The summed E-state index contributed by atoms with van der Waals surface area (Å²) in [4.78, 5) is 32.7. The Labute approximate surface area is 216 Å². The quantitative estimate of drug-likeness (QED) is 0.241. The van der Waals surface area contributed by atoms with E-state index in [2.05, 4.69) is 19.0 Å². The molecular formula is C29H35NO7. The number of oxime groups is 1. The summed E-state index contributed by atoms with van der Waals surface area (Å²) in [5, 5.41) is 38.2. The molecule has 4 aliphatic carbocycles. The molecule has 0 saturated heterocycles. The second-order valence-corrected chi connectivity index (χ2v) is 11.6. The molecule has 0 heterocycles. The summed E-state index contributed by atoms with van der Waals surface area (Å²) < 4.78 is 5.90. The van der Waals surface area contributed by atoms with Crippen molar-refractivity contribution >= 4 is 17.5 Å². The van der Waals surface area contributed by atoms with E-state index in [-0.39, 0.29) is 40.2 Å². The molecule has 3 N–H and O–H groups in total. The molecule has 0 radical (unpaired) electrons. The van der Waals surface area contributed by atoms with Crippen LogP contribution in [-0.2, 0) is 19.2 Å². The predicted molar refractivity (Wildman–Crippen MR) is 135 cm³/mol. The molecule has 2 saturated carbocycles. The minimum absolute atomic E-state index is 0.0479. The van der Waals surface area contributed by atoms with Crippen LogP contribution in [0.1, 0.15) is 39.7 Å². The summed E-state index contributed by atoms with van der Waals surface area (Å²) in [7, 11) is 1.31. The highest BCUT2D eigenvalue weighted by molar-refractivity contribution is 6.43. The van der Waals surface area contributed by atoms with Crippen molar-refractivity contribution in [2.24, 2.45) is 39.7 Å². The molecule has 0 unspecified atom stereocenters. The van der Waals surface area contributed by atoms with E-state index in [1.807, 2.05) is 6.92 Å². The number of Topliss-reactive ketones (excluding diaryl/α,β-unsaturated/α-hetero) is 1. The number of ether oxygens (including phenoxy) is 1. The third kappa shape index (κ3) is 3.35. The van der Waals surface area contributed by atoms with Gasteiger partial charge in [0.25, 0.3) is 0 Å². The number of esters is 1. The number of carbonyl (C=O) groups is 2. The molecule has 2 bridgehead atoms. The van der Waals surface area contributed by atoms with Crippen molar-refractivity contribution < 1.29 is 34.5 Å². The van der Waals surface area contributed by atoms with Gasteiger partial charge in [-0.2, -0.15) is 0 Å². The first kappa shape index (κ1) is 25.8. The van der Waals surface area contributed by atoms with E-state index in [4.69, 9.17) is 9.57 Å². The Bertz CT molecular complexity index is 1220. The van der Waals surface area contributed by atoms with Gasteiger partial charge in [0, 0.05) is 11.5 Å². The largest absolute Gasteiger partial charge is 0.450 e. The van der Waals surface area contributed by atoms with Crippen molar-refractivity contribution in [3.05, 3.63) is 59.2 Å². The number of benzene rings is 1. The molecule has 1 aromatic carbocycles. The SMILES string of the molecule is CO/N=C(/C(=O)O[C@H]1C(C)=C[C@]23C(=O)[C@@H](C=C(CO)[C@@H](O)[C@]12O)[C@H]1[C@@H](C[C@H]3C)C1(C)C)c1ccccc1. The van der Waals surface area contributed by atoms with Crippen molar-refractivity contribution in [2.45, 2.75) is 51.9 Å². The lowest BCUT2D eigenvalue weighted by Crippen LogP contribution is -2.66. The minimum atomic E-state index is -2.21. The molecule has 8 heteroatoms. The standard InChI is InChI=1S/C29H35NO7/c1-15-13-28-16(2)11-20-21(27(20,3)4)19(24(28)33)12-18(14-31)23(32)29(28,35)25(15)37-26(34)22(30-36-5)17-9-7-6-8-10-17/h6-10,12-13,16,19-21,23,25,31-32,35H,11,14H2,1-5H3/b30-22+/t16-,19+,20-,21+,23-,25+,28+,29+/m1/s1. The Morgan fingerprint density at radius 2 is 1.89 bits per heavy atom. The third-order valence-corrected chi connectivity index (χ3v) is 9.54. The molecular weight excluding hydrogens is 474 g/mol. The minimum Gasteiger partial charge on any atom is -0.450 e. The van der Waals surface area contributed by atoms with E-state index in [9.17, 15) is 24.9 Å². The van der Waals surface area contributed by atoms with Crippen molar-refractivity contribution in [3.63, 3.8) is 0 Å². The van der Waals surface area contributed by atoms with Crippen molar-refractivity contribution in [1.29, 1.82) is 0 Å². The number of aliphatic hydroxyl groups is 3. The molecule has 2 fully saturated rings. The van der Waals surface area contributed by atoms with Gasteiger partial charge in [-0.25, -0.2) is 4.79 Å². The first-order chi connectivity index (χ1) is 17.5. The number of fused-ring (bicyclic) bond motifs is 3. The first-order valence-electron chi connectivity index (χ1n) is 12.8. The number of hydrogen-bond acceptors (Lipinski definition) is 8. The Morgan fingerprint density at radius 3 is 2.51 bits per heavy atom.